The number of aromatic nitrogens is 1. The van der Waals surface area contributed by atoms with Crippen LogP contribution in [0.15, 0.2) is 42.6 Å². The van der Waals surface area contributed by atoms with E-state index in [4.69, 9.17) is 9.47 Å². The van der Waals surface area contributed by atoms with Gasteiger partial charge in [-0.3, -0.25) is 4.79 Å². The number of nitrogens with zero attached hydrogens (tertiary/aromatic N) is 3. The lowest BCUT2D eigenvalue weighted by atomic mass is 9.78. The van der Waals surface area contributed by atoms with E-state index < -0.39 is 18.2 Å². The predicted octanol–water partition coefficient (Wildman–Crippen LogP) is 2.22. The van der Waals surface area contributed by atoms with Gasteiger partial charge in [-0.2, -0.15) is 0 Å². The Balaban J connectivity index is 1.43. The van der Waals surface area contributed by atoms with Crippen molar-refractivity contribution in [3.8, 4) is 5.75 Å². The lowest BCUT2D eigenvalue weighted by molar-refractivity contribution is -0.0237. The van der Waals surface area contributed by atoms with Crippen molar-refractivity contribution in [2.75, 3.05) is 39.2 Å². The van der Waals surface area contributed by atoms with Gasteiger partial charge in [0.2, 0.25) is 0 Å². The van der Waals surface area contributed by atoms with Crippen LogP contribution in [-0.4, -0.2) is 73.4 Å². The van der Waals surface area contributed by atoms with Gasteiger partial charge in [0.25, 0.3) is 5.91 Å². The topological polar surface area (TPSA) is 92.2 Å². The van der Waals surface area contributed by atoms with E-state index in [1.54, 1.807) is 36.5 Å². The number of aliphatic hydroxyl groups excluding tert-OH is 1. The third-order valence-electron chi connectivity index (χ3n) is 6.40. The molecular weight excluding hydrogens is 410 g/mol. The maximum absolute atomic E-state index is 13.0. The van der Waals surface area contributed by atoms with Gasteiger partial charge < -0.3 is 24.4 Å². The molecule has 2 aliphatic rings. The number of methoxy groups -OCH3 is 1. The highest BCUT2D eigenvalue weighted by Gasteiger charge is 2.44. The fraction of sp³-hybridized carbons (Fsp3) is 0.458. The van der Waals surface area contributed by atoms with Gasteiger partial charge >= 0.3 is 5.97 Å². The molecule has 1 saturated carbocycles. The fourth-order valence-electron chi connectivity index (χ4n) is 4.65. The minimum Gasteiger partial charge on any atom is -0.487 e. The average molecular weight is 440 g/mol. The molecule has 1 saturated heterocycles. The Bertz CT molecular complexity index is 978. The summed E-state index contributed by atoms with van der Waals surface area (Å²) in [6.45, 7) is 1.23. The molecule has 0 unspecified atom stereocenters. The number of rotatable bonds is 5. The molecule has 0 bridgehead atoms. The number of anilines is 1. The minimum atomic E-state index is -0.668. The number of fused-ring (bicyclic) bond motifs is 1. The van der Waals surface area contributed by atoms with Crippen LogP contribution in [0.3, 0.4) is 0 Å². The molecule has 2 fully saturated rings. The van der Waals surface area contributed by atoms with Crippen LogP contribution in [0.1, 0.15) is 33.6 Å². The van der Waals surface area contributed by atoms with E-state index in [1.165, 1.54) is 7.11 Å². The largest absolute Gasteiger partial charge is 0.487 e. The number of pyridine rings is 1. The first-order chi connectivity index (χ1) is 15.4. The van der Waals surface area contributed by atoms with Crippen molar-refractivity contribution in [3.05, 3.63) is 53.7 Å². The van der Waals surface area contributed by atoms with Crippen LogP contribution in [0.2, 0.25) is 0 Å². The van der Waals surface area contributed by atoms with Gasteiger partial charge in [-0.05, 0) is 48.9 Å². The van der Waals surface area contributed by atoms with Crippen LogP contribution in [-0.2, 0) is 4.74 Å². The summed E-state index contributed by atoms with van der Waals surface area (Å²) in [5.41, 5.74) is 0.899. The van der Waals surface area contributed by atoms with Crippen LogP contribution in [0.5, 0.6) is 5.75 Å². The molecule has 2 aromatic rings. The van der Waals surface area contributed by atoms with E-state index in [0.29, 0.717) is 42.8 Å². The third kappa shape index (κ3) is 4.41. The Kier molecular flexibility index (Phi) is 6.32. The zero-order valence-electron chi connectivity index (χ0n) is 18.6. The first-order valence-corrected chi connectivity index (χ1v) is 10.8. The molecule has 8 heteroatoms. The average Bonchev–Trinajstić information content (AvgIpc) is 3.21. The quantitative estimate of drug-likeness (QED) is 0.714. The molecule has 0 radical (unpaired) electrons. The number of carbonyl (C=O) groups is 2. The number of esters is 1. The summed E-state index contributed by atoms with van der Waals surface area (Å²) in [5.74, 6) is 1.13. The van der Waals surface area contributed by atoms with E-state index in [2.05, 4.69) is 4.98 Å². The number of amides is 1. The highest BCUT2D eigenvalue weighted by molar-refractivity contribution is 5.94. The van der Waals surface area contributed by atoms with Crippen molar-refractivity contribution >= 4 is 17.7 Å². The van der Waals surface area contributed by atoms with Crippen LogP contribution in [0.25, 0.3) is 0 Å². The van der Waals surface area contributed by atoms with E-state index in [-0.39, 0.29) is 17.7 Å². The van der Waals surface area contributed by atoms with Gasteiger partial charge in [0.05, 0.1) is 18.8 Å². The van der Waals surface area contributed by atoms with Crippen molar-refractivity contribution in [1.29, 1.82) is 0 Å². The summed E-state index contributed by atoms with van der Waals surface area (Å²) in [4.78, 5) is 33.1. The normalized spacial score (nSPS) is 24.6. The summed E-state index contributed by atoms with van der Waals surface area (Å²) >= 11 is 0. The van der Waals surface area contributed by atoms with Crippen LogP contribution in [0, 0.1) is 11.8 Å². The Hall–Kier alpha value is -3.13. The molecule has 1 N–H and O–H groups in total. The van der Waals surface area contributed by atoms with E-state index in [9.17, 15) is 14.7 Å². The zero-order chi connectivity index (χ0) is 22.8. The molecule has 8 nitrogen and oxygen atoms in total. The minimum absolute atomic E-state index is 0.0415. The number of para-hydroxylation sites is 1. The number of benzene rings is 1. The lowest BCUT2D eigenvalue weighted by Crippen LogP contribution is -2.42. The molecule has 1 aliphatic heterocycles. The van der Waals surface area contributed by atoms with Gasteiger partial charge in [-0.15, -0.1) is 0 Å². The summed E-state index contributed by atoms with van der Waals surface area (Å²) in [6.07, 6.45) is 1.67. The molecule has 32 heavy (non-hydrogen) atoms. The number of carbonyl (C=O) groups excluding carboxylic acids is 2. The second-order valence-corrected chi connectivity index (χ2v) is 8.71. The summed E-state index contributed by atoms with van der Waals surface area (Å²) in [6, 6.07) is 10.5. The van der Waals surface area contributed by atoms with E-state index >= 15 is 0 Å². The number of likely N-dealkylation sites (tertiary alicyclic amines) is 1. The Labute approximate surface area is 187 Å². The van der Waals surface area contributed by atoms with Crippen molar-refractivity contribution in [1.82, 2.24) is 9.88 Å². The Morgan fingerprint density at radius 1 is 1.09 bits per heavy atom. The van der Waals surface area contributed by atoms with Crippen molar-refractivity contribution in [3.63, 3.8) is 0 Å². The Morgan fingerprint density at radius 2 is 1.81 bits per heavy atom. The van der Waals surface area contributed by atoms with E-state index in [0.717, 1.165) is 5.82 Å². The third-order valence-corrected chi connectivity index (χ3v) is 6.40. The molecule has 1 aromatic heterocycles. The summed E-state index contributed by atoms with van der Waals surface area (Å²) in [5, 5.41) is 10.7. The number of ether oxygens (including phenoxy) is 2. The zero-order valence-corrected chi connectivity index (χ0v) is 18.6. The number of hydrogen-bond donors (Lipinski definition) is 1. The van der Waals surface area contributed by atoms with Gasteiger partial charge in [-0.25, -0.2) is 9.78 Å². The van der Waals surface area contributed by atoms with Crippen molar-refractivity contribution in [2.45, 2.75) is 25.0 Å². The molecule has 1 amide bonds. The first-order valence-electron chi connectivity index (χ1n) is 10.8. The Morgan fingerprint density at radius 3 is 2.47 bits per heavy atom. The monoisotopic (exact) mass is 439 g/mol. The lowest BCUT2D eigenvalue weighted by Gasteiger charge is -2.35. The van der Waals surface area contributed by atoms with Gasteiger partial charge in [0.1, 0.15) is 23.2 Å². The predicted molar refractivity (Wildman–Crippen MR) is 119 cm³/mol. The molecule has 0 spiro atoms. The summed E-state index contributed by atoms with van der Waals surface area (Å²) < 4.78 is 10.9. The second-order valence-electron chi connectivity index (χ2n) is 8.71. The van der Waals surface area contributed by atoms with Crippen LogP contribution < -0.4 is 9.64 Å². The number of hydrogen-bond acceptors (Lipinski definition) is 7. The maximum atomic E-state index is 13.0. The molecular formula is C24H29N3O5. The van der Waals surface area contributed by atoms with E-state index in [1.807, 2.05) is 30.0 Å². The molecule has 170 valence electrons. The molecule has 1 aliphatic carbocycles. The van der Waals surface area contributed by atoms with Crippen molar-refractivity contribution in [2.24, 2.45) is 11.8 Å². The maximum Gasteiger partial charge on any atom is 0.341 e. The molecule has 1 aromatic carbocycles. The highest BCUT2D eigenvalue weighted by Crippen LogP contribution is 2.39. The van der Waals surface area contributed by atoms with Crippen molar-refractivity contribution < 1.29 is 24.2 Å². The van der Waals surface area contributed by atoms with Gasteiger partial charge in [0.15, 0.2) is 0 Å². The molecule has 4 rings (SSSR count). The first kappa shape index (κ1) is 22.1. The van der Waals surface area contributed by atoms with Gasteiger partial charge in [-0.1, -0.05) is 12.1 Å². The molecule has 2 heterocycles. The molecule has 4 atom stereocenters. The SMILES string of the molecule is COC(=O)c1ccccc1O[C@@H]1C[C@@H]2CN(C(=O)c3ccc(N(C)C)nc3)C[C@@H]2C[C@H]1O. The second kappa shape index (κ2) is 9.16. The smallest absolute Gasteiger partial charge is 0.341 e. The van der Waals surface area contributed by atoms with Crippen LogP contribution >= 0.6 is 0 Å². The number of aliphatic hydroxyl groups is 1. The highest BCUT2D eigenvalue weighted by atomic mass is 16.5. The fourth-order valence-corrected chi connectivity index (χ4v) is 4.65. The summed E-state index contributed by atoms with van der Waals surface area (Å²) in [7, 11) is 5.14. The van der Waals surface area contributed by atoms with Crippen LogP contribution in [0.4, 0.5) is 5.82 Å². The van der Waals surface area contributed by atoms with Gasteiger partial charge in [0, 0.05) is 33.4 Å². The standard InChI is InChI=1S/C24H29N3O5/c1-26(2)22-9-8-15(12-25-22)23(29)27-13-16-10-19(28)21(11-17(16)14-27)32-20-7-5-4-6-18(20)24(30)31-3/h4-9,12,16-17,19,21,28H,10-11,13-14H2,1-3H3/t16-,17+,19+,21+/m0/s1.